The Labute approximate surface area is 153 Å². The lowest BCUT2D eigenvalue weighted by atomic mass is 9.99. The lowest BCUT2D eigenvalue weighted by molar-refractivity contribution is 0.0603. The zero-order chi connectivity index (χ0) is 18.5. The van der Waals surface area contributed by atoms with Gasteiger partial charge in [0.15, 0.2) is 6.29 Å². The number of hydrogen-bond acceptors (Lipinski definition) is 3. The zero-order valence-electron chi connectivity index (χ0n) is 15.2. The topological polar surface area (TPSA) is 48.3 Å². The van der Waals surface area contributed by atoms with Crippen molar-refractivity contribution in [2.24, 2.45) is 0 Å². The number of rotatable bonds is 7. The zero-order valence-corrected chi connectivity index (χ0v) is 15.2. The van der Waals surface area contributed by atoms with Gasteiger partial charge in [0.2, 0.25) is 0 Å². The molecule has 0 aliphatic rings. The number of aryl methyl sites for hydroxylation is 1. The second kappa shape index (κ2) is 8.00. The summed E-state index contributed by atoms with van der Waals surface area (Å²) in [4.78, 5) is 23.5. The van der Waals surface area contributed by atoms with Crippen molar-refractivity contribution >= 4 is 23.0 Å². The maximum Gasteiger partial charge on any atom is 0.338 e. The van der Waals surface area contributed by atoms with Crippen LogP contribution in [0.3, 0.4) is 0 Å². The van der Waals surface area contributed by atoms with Crippen molar-refractivity contribution in [2.45, 2.75) is 32.7 Å². The molecular weight excluding hydrogens is 326 g/mol. The van der Waals surface area contributed by atoms with Gasteiger partial charge >= 0.3 is 5.97 Å². The molecule has 0 aliphatic carbocycles. The summed E-state index contributed by atoms with van der Waals surface area (Å²) in [7, 11) is 1.39. The number of benzene rings is 2. The highest BCUT2D eigenvalue weighted by molar-refractivity contribution is 6.05. The summed E-state index contributed by atoms with van der Waals surface area (Å²) in [6.07, 6.45) is 4.05. The van der Waals surface area contributed by atoms with Crippen molar-refractivity contribution in [1.29, 1.82) is 0 Å². The van der Waals surface area contributed by atoms with E-state index in [0.717, 1.165) is 47.6 Å². The van der Waals surface area contributed by atoms with Crippen molar-refractivity contribution in [1.82, 2.24) is 4.57 Å². The molecule has 0 bridgehead atoms. The molecular formula is C22H23NO3. The molecule has 134 valence electrons. The SMILES string of the molecule is CCCCc1ccc(C=O)n1Cc1ccc(C(=O)OC)c2ccccc12. The minimum atomic E-state index is -0.342. The molecule has 0 fully saturated rings. The van der Waals surface area contributed by atoms with Gasteiger partial charge in [0.05, 0.1) is 18.4 Å². The summed E-state index contributed by atoms with van der Waals surface area (Å²) in [5.41, 5.74) is 3.47. The van der Waals surface area contributed by atoms with Gasteiger partial charge < -0.3 is 9.30 Å². The molecule has 2 aromatic carbocycles. The van der Waals surface area contributed by atoms with Crippen molar-refractivity contribution in [2.75, 3.05) is 7.11 Å². The van der Waals surface area contributed by atoms with Crippen LogP contribution in [-0.4, -0.2) is 23.9 Å². The molecule has 3 rings (SSSR count). The monoisotopic (exact) mass is 349 g/mol. The Kier molecular flexibility index (Phi) is 5.52. The van der Waals surface area contributed by atoms with Gasteiger partial charge in [-0.25, -0.2) is 4.79 Å². The first kappa shape index (κ1) is 17.9. The Hall–Kier alpha value is -2.88. The Bertz CT molecular complexity index is 940. The number of esters is 1. The lowest BCUT2D eigenvalue weighted by Crippen LogP contribution is -2.09. The Morgan fingerprint density at radius 3 is 2.54 bits per heavy atom. The highest BCUT2D eigenvalue weighted by Gasteiger charge is 2.14. The first-order valence-electron chi connectivity index (χ1n) is 8.92. The first-order chi connectivity index (χ1) is 12.7. The molecule has 0 spiro atoms. The predicted octanol–water partition coefficient (Wildman–Crippen LogP) is 4.63. The minimum Gasteiger partial charge on any atom is -0.465 e. The van der Waals surface area contributed by atoms with Gasteiger partial charge in [-0.05, 0) is 47.4 Å². The second-order valence-corrected chi connectivity index (χ2v) is 6.37. The second-order valence-electron chi connectivity index (χ2n) is 6.37. The smallest absolute Gasteiger partial charge is 0.338 e. The fraction of sp³-hybridized carbons (Fsp3) is 0.273. The van der Waals surface area contributed by atoms with E-state index in [1.807, 2.05) is 42.5 Å². The van der Waals surface area contributed by atoms with Crippen LogP contribution in [0.15, 0.2) is 48.5 Å². The van der Waals surface area contributed by atoms with E-state index < -0.39 is 0 Å². The molecule has 1 heterocycles. The van der Waals surface area contributed by atoms with Crippen LogP contribution >= 0.6 is 0 Å². The van der Waals surface area contributed by atoms with E-state index >= 15 is 0 Å². The predicted molar refractivity (Wildman–Crippen MR) is 103 cm³/mol. The average molecular weight is 349 g/mol. The quantitative estimate of drug-likeness (QED) is 0.461. The summed E-state index contributed by atoms with van der Waals surface area (Å²) in [5.74, 6) is -0.342. The fourth-order valence-electron chi connectivity index (χ4n) is 3.36. The molecule has 0 N–H and O–H groups in total. The third-order valence-electron chi connectivity index (χ3n) is 4.76. The van der Waals surface area contributed by atoms with Crippen LogP contribution in [0, 0.1) is 0 Å². The van der Waals surface area contributed by atoms with Gasteiger partial charge in [-0.1, -0.05) is 43.7 Å². The van der Waals surface area contributed by atoms with Crippen molar-refractivity contribution in [3.05, 3.63) is 71.0 Å². The third kappa shape index (κ3) is 3.40. The maximum atomic E-state index is 12.1. The highest BCUT2D eigenvalue weighted by Crippen LogP contribution is 2.25. The summed E-state index contributed by atoms with van der Waals surface area (Å²) < 4.78 is 6.97. The highest BCUT2D eigenvalue weighted by atomic mass is 16.5. The van der Waals surface area contributed by atoms with E-state index in [1.54, 1.807) is 6.07 Å². The molecule has 3 aromatic rings. The van der Waals surface area contributed by atoms with E-state index in [-0.39, 0.29) is 5.97 Å². The van der Waals surface area contributed by atoms with E-state index in [0.29, 0.717) is 17.8 Å². The van der Waals surface area contributed by atoms with E-state index in [9.17, 15) is 9.59 Å². The summed E-state index contributed by atoms with van der Waals surface area (Å²) in [6, 6.07) is 15.5. The van der Waals surface area contributed by atoms with Crippen LogP contribution in [0.25, 0.3) is 10.8 Å². The summed E-state index contributed by atoms with van der Waals surface area (Å²) >= 11 is 0. The fourth-order valence-corrected chi connectivity index (χ4v) is 3.36. The summed E-state index contributed by atoms with van der Waals surface area (Å²) in [5, 5.41) is 1.87. The van der Waals surface area contributed by atoms with Crippen molar-refractivity contribution < 1.29 is 14.3 Å². The number of carbonyl (C=O) groups is 2. The van der Waals surface area contributed by atoms with Gasteiger partial charge in [-0.2, -0.15) is 0 Å². The van der Waals surface area contributed by atoms with Crippen molar-refractivity contribution in [3.63, 3.8) is 0 Å². The Balaban J connectivity index is 2.07. The van der Waals surface area contributed by atoms with Crippen LogP contribution in [0.5, 0.6) is 0 Å². The Morgan fingerprint density at radius 2 is 1.85 bits per heavy atom. The van der Waals surface area contributed by atoms with Crippen LogP contribution in [0.4, 0.5) is 0 Å². The number of fused-ring (bicyclic) bond motifs is 1. The van der Waals surface area contributed by atoms with Crippen LogP contribution < -0.4 is 0 Å². The van der Waals surface area contributed by atoms with Gasteiger partial charge in [0.25, 0.3) is 0 Å². The van der Waals surface area contributed by atoms with E-state index in [4.69, 9.17) is 4.74 Å². The molecule has 26 heavy (non-hydrogen) atoms. The molecule has 0 unspecified atom stereocenters. The van der Waals surface area contributed by atoms with E-state index in [1.165, 1.54) is 7.11 Å². The van der Waals surface area contributed by atoms with Gasteiger partial charge in [-0.15, -0.1) is 0 Å². The Morgan fingerprint density at radius 1 is 1.08 bits per heavy atom. The first-order valence-corrected chi connectivity index (χ1v) is 8.92. The standard InChI is InChI=1S/C22H23NO3/c1-3-4-7-17-11-12-18(15-24)23(17)14-16-10-13-21(22(25)26-2)20-9-6-5-8-19(16)20/h5-6,8-13,15H,3-4,7,14H2,1-2H3. The molecule has 0 saturated carbocycles. The molecule has 0 aliphatic heterocycles. The van der Waals surface area contributed by atoms with Gasteiger partial charge in [-0.3, -0.25) is 4.79 Å². The largest absolute Gasteiger partial charge is 0.465 e. The number of methoxy groups -OCH3 is 1. The lowest BCUT2D eigenvalue weighted by Gasteiger charge is -2.14. The van der Waals surface area contributed by atoms with Crippen molar-refractivity contribution in [3.8, 4) is 0 Å². The average Bonchev–Trinajstić information content (AvgIpc) is 3.07. The normalized spacial score (nSPS) is 10.8. The van der Waals surface area contributed by atoms with Crippen LogP contribution in [-0.2, 0) is 17.7 Å². The van der Waals surface area contributed by atoms with Gasteiger partial charge in [0, 0.05) is 12.2 Å². The maximum absolute atomic E-state index is 12.1. The van der Waals surface area contributed by atoms with Crippen LogP contribution in [0.1, 0.15) is 51.9 Å². The molecule has 0 radical (unpaired) electrons. The molecule has 4 heteroatoms. The third-order valence-corrected chi connectivity index (χ3v) is 4.76. The number of hydrogen-bond donors (Lipinski definition) is 0. The number of ether oxygens (including phenoxy) is 1. The number of aromatic nitrogens is 1. The summed E-state index contributed by atoms with van der Waals surface area (Å²) in [6.45, 7) is 2.76. The molecule has 0 amide bonds. The number of carbonyl (C=O) groups excluding carboxylic acids is 2. The van der Waals surface area contributed by atoms with E-state index in [2.05, 4.69) is 11.5 Å². The molecule has 4 nitrogen and oxygen atoms in total. The van der Waals surface area contributed by atoms with Gasteiger partial charge in [0.1, 0.15) is 0 Å². The molecule has 0 saturated heterocycles. The molecule has 1 aromatic heterocycles. The minimum absolute atomic E-state index is 0.342. The number of nitrogens with zero attached hydrogens (tertiary/aromatic N) is 1. The number of aldehydes is 1. The van der Waals surface area contributed by atoms with Crippen LogP contribution in [0.2, 0.25) is 0 Å². The molecule has 0 atom stereocenters. The number of unbranched alkanes of at least 4 members (excludes halogenated alkanes) is 1.